The third-order valence-electron chi connectivity index (χ3n) is 2.72. The third-order valence-corrected chi connectivity index (χ3v) is 2.72. The van der Waals surface area contributed by atoms with Crippen LogP contribution < -0.4 is 10.6 Å². The van der Waals surface area contributed by atoms with Gasteiger partial charge in [0.25, 0.3) is 0 Å². The SMILES string of the molecule is O=C1CN(CC2CCCCN2)C(=O)N1. The molecule has 1 atom stereocenters. The average Bonchev–Trinajstić information content (AvgIpc) is 2.47. The Hall–Kier alpha value is -1.10. The first-order chi connectivity index (χ1) is 6.75. The van der Waals surface area contributed by atoms with Crippen molar-refractivity contribution in [3.8, 4) is 0 Å². The Morgan fingerprint density at radius 2 is 2.21 bits per heavy atom. The Morgan fingerprint density at radius 1 is 1.36 bits per heavy atom. The number of amides is 3. The molecule has 2 aliphatic heterocycles. The summed E-state index contributed by atoms with van der Waals surface area (Å²) in [4.78, 5) is 23.7. The third kappa shape index (κ3) is 2.04. The number of hydrogen-bond donors (Lipinski definition) is 2. The van der Waals surface area contributed by atoms with Crippen LogP contribution in [0.25, 0.3) is 0 Å². The number of imide groups is 1. The van der Waals surface area contributed by atoms with E-state index in [9.17, 15) is 9.59 Å². The van der Waals surface area contributed by atoms with Crippen LogP contribution in [0.5, 0.6) is 0 Å². The van der Waals surface area contributed by atoms with Crippen LogP contribution in [0.1, 0.15) is 19.3 Å². The van der Waals surface area contributed by atoms with E-state index in [0.717, 1.165) is 13.0 Å². The Bertz CT molecular complexity index is 248. The number of piperidine rings is 1. The quantitative estimate of drug-likeness (QED) is 0.596. The molecule has 2 saturated heterocycles. The van der Waals surface area contributed by atoms with E-state index in [2.05, 4.69) is 10.6 Å². The first-order valence-electron chi connectivity index (χ1n) is 5.08. The van der Waals surface area contributed by atoms with Crippen molar-refractivity contribution in [1.29, 1.82) is 0 Å². The highest BCUT2D eigenvalue weighted by molar-refractivity contribution is 6.01. The largest absolute Gasteiger partial charge is 0.324 e. The Kier molecular flexibility index (Phi) is 2.67. The van der Waals surface area contributed by atoms with Crippen molar-refractivity contribution < 1.29 is 9.59 Å². The molecule has 0 aliphatic carbocycles. The summed E-state index contributed by atoms with van der Waals surface area (Å²) in [6.45, 7) is 1.89. The summed E-state index contributed by atoms with van der Waals surface area (Å²) >= 11 is 0. The highest BCUT2D eigenvalue weighted by atomic mass is 16.2. The number of carbonyl (C=O) groups is 2. The minimum absolute atomic E-state index is 0.189. The van der Waals surface area contributed by atoms with Gasteiger partial charge in [0.1, 0.15) is 6.54 Å². The topological polar surface area (TPSA) is 61.4 Å². The maximum Gasteiger partial charge on any atom is 0.324 e. The molecule has 5 heteroatoms. The molecule has 0 aromatic carbocycles. The van der Waals surface area contributed by atoms with Crippen molar-refractivity contribution in [3.05, 3.63) is 0 Å². The van der Waals surface area contributed by atoms with Crippen molar-refractivity contribution in [2.24, 2.45) is 0 Å². The minimum Gasteiger partial charge on any atom is -0.314 e. The lowest BCUT2D eigenvalue weighted by Crippen LogP contribution is -2.44. The molecule has 2 fully saturated rings. The fraction of sp³-hybridized carbons (Fsp3) is 0.778. The van der Waals surface area contributed by atoms with Crippen molar-refractivity contribution >= 4 is 11.9 Å². The minimum atomic E-state index is -0.248. The van der Waals surface area contributed by atoms with Crippen LogP contribution in [0.4, 0.5) is 4.79 Å². The fourth-order valence-electron chi connectivity index (χ4n) is 1.98. The second-order valence-electron chi connectivity index (χ2n) is 3.88. The lowest BCUT2D eigenvalue weighted by Gasteiger charge is -2.26. The first kappa shape index (κ1) is 9.45. The van der Waals surface area contributed by atoms with E-state index in [1.54, 1.807) is 4.90 Å². The Morgan fingerprint density at radius 3 is 2.79 bits per heavy atom. The van der Waals surface area contributed by atoms with E-state index in [1.807, 2.05) is 0 Å². The molecule has 78 valence electrons. The van der Waals surface area contributed by atoms with Crippen LogP contribution in [0, 0.1) is 0 Å². The van der Waals surface area contributed by atoms with Gasteiger partial charge in [0, 0.05) is 12.6 Å². The van der Waals surface area contributed by atoms with Gasteiger partial charge in [-0.3, -0.25) is 10.1 Å². The second kappa shape index (κ2) is 3.96. The van der Waals surface area contributed by atoms with E-state index in [0.29, 0.717) is 12.6 Å². The van der Waals surface area contributed by atoms with E-state index < -0.39 is 0 Å². The molecule has 0 aromatic heterocycles. The normalized spacial score (nSPS) is 28.0. The van der Waals surface area contributed by atoms with Gasteiger partial charge in [0.2, 0.25) is 5.91 Å². The molecule has 2 rings (SSSR count). The van der Waals surface area contributed by atoms with Gasteiger partial charge >= 0.3 is 6.03 Å². The summed E-state index contributed by atoms with van der Waals surface area (Å²) in [5, 5.41) is 5.63. The van der Waals surface area contributed by atoms with Crippen LogP contribution in [0.3, 0.4) is 0 Å². The zero-order valence-corrected chi connectivity index (χ0v) is 8.08. The molecule has 0 aromatic rings. The second-order valence-corrected chi connectivity index (χ2v) is 3.88. The van der Waals surface area contributed by atoms with Gasteiger partial charge in [-0.25, -0.2) is 4.79 Å². The first-order valence-corrected chi connectivity index (χ1v) is 5.08. The molecule has 5 nitrogen and oxygen atoms in total. The molecule has 2 N–H and O–H groups in total. The molecule has 0 radical (unpaired) electrons. The van der Waals surface area contributed by atoms with Gasteiger partial charge < -0.3 is 10.2 Å². The molecule has 0 saturated carbocycles. The zero-order chi connectivity index (χ0) is 9.97. The number of rotatable bonds is 2. The molecule has 0 bridgehead atoms. The van der Waals surface area contributed by atoms with Crippen LogP contribution in [-0.4, -0.2) is 42.5 Å². The van der Waals surface area contributed by atoms with Crippen molar-refractivity contribution in [3.63, 3.8) is 0 Å². The van der Waals surface area contributed by atoms with Gasteiger partial charge in [-0.05, 0) is 19.4 Å². The summed E-state index contributed by atoms with van der Waals surface area (Å²) < 4.78 is 0. The summed E-state index contributed by atoms with van der Waals surface area (Å²) in [5.74, 6) is -0.189. The standard InChI is InChI=1S/C9H15N3O2/c13-8-6-12(9(14)11-8)5-7-3-1-2-4-10-7/h7,10H,1-6H2,(H,11,13,14). The maximum atomic E-state index is 11.2. The number of nitrogens with zero attached hydrogens (tertiary/aromatic N) is 1. The predicted molar refractivity (Wildman–Crippen MR) is 50.8 cm³/mol. The maximum absolute atomic E-state index is 11.2. The van der Waals surface area contributed by atoms with E-state index in [1.165, 1.54) is 12.8 Å². The summed E-state index contributed by atoms with van der Waals surface area (Å²) in [7, 11) is 0. The monoisotopic (exact) mass is 197 g/mol. The van der Waals surface area contributed by atoms with Crippen molar-refractivity contribution in [2.75, 3.05) is 19.6 Å². The van der Waals surface area contributed by atoms with Crippen LogP contribution in [-0.2, 0) is 4.79 Å². The number of nitrogens with one attached hydrogen (secondary N) is 2. The summed E-state index contributed by atoms with van der Waals surface area (Å²) in [5.41, 5.74) is 0. The number of urea groups is 1. The number of hydrogen-bond acceptors (Lipinski definition) is 3. The van der Waals surface area contributed by atoms with Crippen molar-refractivity contribution in [2.45, 2.75) is 25.3 Å². The highest BCUT2D eigenvalue weighted by Crippen LogP contribution is 2.09. The highest BCUT2D eigenvalue weighted by Gasteiger charge is 2.28. The molecule has 1 unspecified atom stereocenters. The van der Waals surface area contributed by atoms with E-state index in [-0.39, 0.29) is 18.5 Å². The average molecular weight is 197 g/mol. The van der Waals surface area contributed by atoms with Gasteiger partial charge in [0.05, 0.1) is 0 Å². The Labute approximate surface area is 82.8 Å². The Balaban J connectivity index is 1.84. The predicted octanol–water partition coefficient (Wildman–Crippen LogP) is -0.320. The molecular formula is C9H15N3O2. The molecule has 14 heavy (non-hydrogen) atoms. The van der Waals surface area contributed by atoms with Crippen LogP contribution in [0.15, 0.2) is 0 Å². The van der Waals surface area contributed by atoms with Crippen molar-refractivity contribution in [1.82, 2.24) is 15.5 Å². The van der Waals surface area contributed by atoms with Crippen LogP contribution >= 0.6 is 0 Å². The molecule has 3 amide bonds. The lowest BCUT2D eigenvalue weighted by atomic mass is 10.0. The van der Waals surface area contributed by atoms with Crippen LogP contribution in [0.2, 0.25) is 0 Å². The smallest absolute Gasteiger partial charge is 0.314 e. The lowest BCUT2D eigenvalue weighted by molar-refractivity contribution is -0.118. The molecule has 0 spiro atoms. The van der Waals surface area contributed by atoms with E-state index >= 15 is 0 Å². The summed E-state index contributed by atoms with van der Waals surface area (Å²) in [6.07, 6.45) is 3.51. The molecular weight excluding hydrogens is 182 g/mol. The molecule has 2 aliphatic rings. The fourth-order valence-corrected chi connectivity index (χ4v) is 1.98. The number of carbonyl (C=O) groups excluding carboxylic acids is 2. The van der Waals surface area contributed by atoms with Gasteiger partial charge in [-0.15, -0.1) is 0 Å². The zero-order valence-electron chi connectivity index (χ0n) is 8.08. The van der Waals surface area contributed by atoms with Gasteiger partial charge in [-0.2, -0.15) is 0 Å². The summed E-state index contributed by atoms with van der Waals surface area (Å²) in [6, 6.07) is 0.114. The van der Waals surface area contributed by atoms with E-state index in [4.69, 9.17) is 0 Å². The molecule has 2 heterocycles. The van der Waals surface area contributed by atoms with Gasteiger partial charge in [0.15, 0.2) is 0 Å². The van der Waals surface area contributed by atoms with Gasteiger partial charge in [-0.1, -0.05) is 6.42 Å².